The van der Waals surface area contributed by atoms with Gasteiger partial charge in [0.05, 0.1) is 6.61 Å². The van der Waals surface area contributed by atoms with Gasteiger partial charge < -0.3 is 20.7 Å². The van der Waals surface area contributed by atoms with Gasteiger partial charge in [-0.1, -0.05) is 45.1 Å². The zero-order valence-electron chi connectivity index (χ0n) is 12.5. The molecular weight excluding hydrogens is 270 g/mol. The maximum atomic E-state index is 11.8. The van der Waals surface area contributed by atoms with Gasteiger partial charge in [-0.25, -0.2) is 4.79 Å². The Morgan fingerprint density at radius 3 is 2.48 bits per heavy atom. The summed E-state index contributed by atoms with van der Waals surface area (Å²) in [5.74, 6) is -1.06. The molecular formula is C16H25NO4. The van der Waals surface area contributed by atoms with Crippen molar-refractivity contribution in [1.82, 2.24) is 0 Å². The molecule has 0 spiro atoms. The summed E-state index contributed by atoms with van der Waals surface area (Å²) in [7, 11) is 0. The van der Waals surface area contributed by atoms with Crippen LogP contribution in [-0.2, 0) is 9.53 Å². The van der Waals surface area contributed by atoms with E-state index in [9.17, 15) is 15.0 Å². The van der Waals surface area contributed by atoms with Crippen LogP contribution < -0.4 is 5.73 Å². The molecule has 0 aliphatic heterocycles. The van der Waals surface area contributed by atoms with Crippen LogP contribution in [0.3, 0.4) is 0 Å². The second-order valence-corrected chi connectivity index (χ2v) is 5.16. The number of phenolic OH excluding ortho intramolecular Hbond substituents is 2. The number of esters is 1. The van der Waals surface area contributed by atoms with Crippen LogP contribution in [0.5, 0.6) is 11.5 Å². The van der Waals surface area contributed by atoms with Crippen LogP contribution in [0.4, 0.5) is 0 Å². The molecule has 21 heavy (non-hydrogen) atoms. The predicted molar refractivity (Wildman–Crippen MR) is 81.0 cm³/mol. The maximum Gasteiger partial charge on any atom is 0.327 e. The van der Waals surface area contributed by atoms with E-state index in [4.69, 9.17) is 10.5 Å². The molecule has 0 fully saturated rings. The van der Waals surface area contributed by atoms with Crippen molar-refractivity contribution in [3.05, 3.63) is 23.8 Å². The highest BCUT2D eigenvalue weighted by molar-refractivity contribution is 5.77. The topological polar surface area (TPSA) is 92.8 Å². The smallest absolute Gasteiger partial charge is 0.327 e. The summed E-state index contributed by atoms with van der Waals surface area (Å²) in [6, 6.07) is 3.11. The molecule has 0 aromatic heterocycles. The van der Waals surface area contributed by atoms with E-state index in [0.29, 0.717) is 12.2 Å². The van der Waals surface area contributed by atoms with Crippen molar-refractivity contribution >= 4 is 5.97 Å². The molecule has 0 aliphatic carbocycles. The average Bonchev–Trinajstić information content (AvgIpc) is 2.48. The van der Waals surface area contributed by atoms with E-state index in [1.165, 1.54) is 37.5 Å². The molecule has 0 radical (unpaired) electrons. The van der Waals surface area contributed by atoms with Crippen molar-refractivity contribution in [3.8, 4) is 11.5 Å². The van der Waals surface area contributed by atoms with Crippen LogP contribution in [0, 0.1) is 0 Å². The molecule has 1 aromatic rings. The number of carbonyl (C=O) groups excluding carboxylic acids is 1. The molecule has 0 saturated heterocycles. The van der Waals surface area contributed by atoms with Gasteiger partial charge in [0.15, 0.2) is 11.5 Å². The lowest BCUT2D eigenvalue weighted by Crippen LogP contribution is -2.24. The first-order valence-corrected chi connectivity index (χ1v) is 7.50. The number of aromatic hydroxyl groups is 2. The van der Waals surface area contributed by atoms with Crippen molar-refractivity contribution in [1.29, 1.82) is 0 Å². The summed E-state index contributed by atoms with van der Waals surface area (Å²) in [6.45, 7) is 2.53. The lowest BCUT2D eigenvalue weighted by molar-refractivity contribution is -0.145. The van der Waals surface area contributed by atoms with E-state index in [1.807, 2.05) is 0 Å². The standard InChI is InChI=1S/C16H25NO4/c1-2-3-4-5-6-7-10-21-16(20)15(17)12-8-9-13(18)14(19)11-12/h8-9,11,15,18-19H,2-7,10,17H2,1H3. The van der Waals surface area contributed by atoms with E-state index >= 15 is 0 Å². The van der Waals surface area contributed by atoms with Crippen LogP contribution in [0.2, 0.25) is 0 Å². The average molecular weight is 295 g/mol. The Balaban J connectivity index is 2.29. The van der Waals surface area contributed by atoms with Crippen molar-refractivity contribution in [3.63, 3.8) is 0 Å². The first kappa shape index (κ1) is 17.3. The molecule has 0 bridgehead atoms. The van der Waals surface area contributed by atoms with Gasteiger partial charge in [-0.15, -0.1) is 0 Å². The predicted octanol–water partition coefficient (Wildman–Crippen LogP) is 3.00. The van der Waals surface area contributed by atoms with Crippen molar-refractivity contribution < 1.29 is 19.7 Å². The Hall–Kier alpha value is -1.75. The summed E-state index contributed by atoms with van der Waals surface area (Å²) >= 11 is 0. The molecule has 4 N–H and O–H groups in total. The lowest BCUT2D eigenvalue weighted by atomic mass is 10.1. The maximum absolute atomic E-state index is 11.8. The lowest BCUT2D eigenvalue weighted by Gasteiger charge is -2.12. The van der Waals surface area contributed by atoms with Gasteiger partial charge in [0.1, 0.15) is 6.04 Å². The number of phenols is 2. The number of nitrogens with two attached hydrogens (primary N) is 1. The van der Waals surface area contributed by atoms with Crippen molar-refractivity contribution in [2.24, 2.45) is 5.73 Å². The van der Waals surface area contributed by atoms with Gasteiger partial charge in [-0.05, 0) is 24.1 Å². The second kappa shape index (κ2) is 9.23. The third-order valence-corrected chi connectivity index (χ3v) is 3.35. The van der Waals surface area contributed by atoms with E-state index in [1.54, 1.807) is 0 Å². The molecule has 0 aliphatic rings. The molecule has 5 nitrogen and oxygen atoms in total. The van der Waals surface area contributed by atoms with Crippen LogP contribution in [-0.4, -0.2) is 22.8 Å². The van der Waals surface area contributed by atoms with E-state index in [0.717, 1.165) is 19.3 Å². The molecule has 1 rings (SSSR count). The van der Waals surface area contributed by atoms with Gasteiger partial charge >= 0.3 is 5.97 Å². The van der Waals surface area contributed by atoms with Gasteiger partial charge in [0, 0.05) is 0 Å². The molecule has 0 amide bonds. The minimum absolute atomic E-state index is 0.244. The number of unbranched alkanes of at least 4 members (excludes halogenated alkanes) is 5. The molecule has 1 unspecified atom stereocenters. The van der Waals surface area contributed by atoms with Crippen molar-refractivity contribution in [2.75, 3.05) is 6.61 Å². The largest absolute Gasteiger partial charge is 0.504 e. The number of rotatable bonds is 9. The molecule has 1 aromatic carbocycles. The summed E-state index contributed by atoms with van der Waals surface area (Å²) in [6.07, 6.45) is 6.71. The first-order valence-electron chi connectivity index (χ1n) is 7.50. The first-order chi connectivity index (χ1) is 10.1. The van der Waals surface area contributed by atoms with Crippen LogP contribution in [0.1, 0.15) is 57.1 Å². The zero-order chi connectivity index (χ0) is 15.7. The molecule has 118 valence electrons. The van der Waals surface area contributed by atoms with Crippen molar-refractivity contribution in [2.45, 2.75) is 51.5 Å². The van der Waals surface area contributed by atoms with Gasteiger partial charge in [0.2, 0.25) is 0 Å². The Morgan fingerprint density at radius 2 is 1.81 bits per heavy atom. The molecule has 0 heterocycles. The quantitative estimate of drug-likeness (QED) is 0.370. The highest BCUT2D eigenvalue weighted by Gasteiger charge is 2.18. The van der Waals surface area contributed by atoms with Crippen LogP contribution >= 0.6 is 0 Å². The monoisotopic (exact) mass is 295 g/mol. The Morgan fingerprint density at radius 1 is 1.14 bits per heavy atom. The summed E-state index contributed by atoms with van der Waals surface area (Å²) in [5, 5.41) is 18.6. The number of benzene rings is 1. The highest BCUT2D eigenvalue weighted by Crippen LogP contribution is 2.27. The summed E-state index contributed by atoms with van der Waals surface area (Å²) in [4.78, 5) is 11.8. The Kier molecular flexibility index (Phi) is 7.61. The number of hydrogen-bond acceptors (Lipinski definition) is 5. The minimum Gasteiger partial charge on any atom is -0.504 e. The fraction of sp³-hybridized carbons (Fsp3) is 0.562. The highest BCUT2D eigenvalue weighted by atomic mass is 16.5. The van der Waals surface area contributed by atoms with Gasteiger partial charge in [-0.3, -0.25) is 0 Å². The van der Waals surface area contributed by atoms with Gasteiger partial charge in [0.25, 0.3) is 0 Å². The van der Waals surface area contributed by atoms with E-state index < -0.39 is 12.0 Å². The van der Waals surface area contributed by atoms with E-state index in [-0.39, 0.29) is 11.5 Å². The normalized spacial score (nSPS) is 12.1. The summed E-state index contributed by atoms with van der Waals surface area (Å²) in [5.41, 5.74) is 6.19. The fourth-order valence-electron chi connectivity index (χ4n) is 2.01. The third kappa shape index (κ3) is 6.04. The number of carbonyl (C=O) groups is 1. The number of hydrogen-bond donors (Lipinski definition) is 3. The number of ether oxygens (including phenoxy) is 1. The third-order valence-electron chi connectivity index (χ3n) is 3.35. The molecule has 0 saturated carbocycles. The molecule has 5 heteroatoms. The SMILES string of the molecule is CCCCCCCCOC(=O)C(N)c1ccc(O)c(O)c1. The zero-order valence-corrected chi connectivity index (χ0v) is 12.5. The fourth-order valence-corrected chi connectivity index (χ4v) is 2.01. The summed E-state index contributed by atoms with van der Waals surface area (Å²) < 4.78 is 5.13. The van der Waals surface area contributed by atoms with Gasteiger partial charge in [-0.2, -0.15) is 0 Å². The minimum atomic E-state index is -0.948. The Bertz CT molecular complexity index is 448. The Labute approximate surface area is 125 Å². The van der Waals surface area contributed by atoms with E-state index in [2.05, 4.69) is 6.92 Å². The second-order valence-electron chi connectivity index (χ2n) is 5.16. The van der Waals surface area contributed by atoms with Crippen LogP contribution in [0.15, 0.2) is 18.2 Å². The molecule has 1 atom stereocenters. The van der Waals surface area contributed by atoms with Crippen LogP contribution in [0.25, 0.3) is 0 Å².